The lowest BCUT2D eigenvalue weighted by atomic mass is 10.3. The van der Waals surface area contributed by atoms with Crippen LogP contribution in [0.2, 0.25) is 0 Å². The zero-order valence-electron chi connectivity index (χ0n) is 4.87. The predicted molar refractivity (Wildman–Crippen MR) is 30.1 cm³/mol. The van der Waals surface area contributed by atoms with E-state index in [4.69, 9.17) is 10.2 Å². The summed E-state index contributed by atoms with van der Waals surface area (Å²) in [4.78, 5) is 0. The van der Waals surface area contributed by atoms with Gasteiger partial charge in [-0.05, 0) is 0 Å². The number of β-amino-alcohol motifs (C(OH)–C–C–N with tert-alkyl or cyclic N) is 2. The number of rotatable bonds is 0. The summed E-state index contributed by atoms with van der Waals surface area (Å²) in [6, 6.07) is 0. The van der Waals surface area contributed by atoms with Crippen LogP contribution in [0.25, 0.3) is 0 Å². The lowest BCUT2D eigenvalue weighted by molar-refractivity contribution is -0.252. The lowest BCUT2D eigenvalue weighted by Gasteiger charge is -2.43. The fraction of sp³-hybridized carbons (Fsp3) is 1.00. The van der Waals surface area contributed by atoms with Crippen LogP contribution in [0.4, 0.5) is 0 Å². The normalized spacial score (nSPS) is 28.3. The number of nitrogens with one attached hydrogen (secondary N) is 1. The molecule has 5 heteroatoms. The molecule has 9 heavy (non-hydrogen) atoms. The van der Waals surface area contributed by atoms with E-state index in [0.717, 1.165) is 0 Å². The molecule has 0 amide bonds. The third kappa shape index (κ3) is 1.38. The minimum absolute atomic E-state index is 0.0868. The van der Waals surface area contributed by atoms with Gasteiger partial charge in [0.2, 0.25) is 5.91 Å². The minimum atomic E-state index is -2.20. The van der Waals surface area contributed by atoms with Gasteiger partial charge >= 0.3 is 0 Å². The first-order valence-electron chi connectivity index (χ1n) is 2.73. The highest BCUT2D eigenvalue weighted by molar-refractivity contribution is 4.77. The Kier molecular flexibility index (Phi) is 1.69. The SMILES string of the molecule is [O-]N1CCNCC1(O)O. The van der Waals surface area contributed by atoms with E-state index in [1.54, 1.807) is 0 Å². The second-order valence-corrected chi connectivity index (χ2v) is 2.05. The summed E-state index contributed by atoms with van der Waals surface area (Å²) in [5.41, 5.74) is 0. The topological polar surface area (TPSA) is 78.8 Å². The van der Waals surface area contributed by atoms with Gasteiger partial charge < -0.3 is 25.8 Å². The summed E-state index contributed by atoms with van der Waals surface area (Å²) in [5.74, 6) is -2.20. The van der Waals surface area contributed by atoms with Crippen LogP contribution in [-0.2, 0) is 0 Å². The second-order valence-electron chi connectivity index (χ2n) is 2.05. The van der Waals surface area contributed by atoms with E-state index >= 15 is 0 Å². The van der Waals surface area contributed by atoms with Gasteiger partial charge in [-0.1, -0.05) is 0 Å². The monoisotopic (exact) mass is 133 g/mol. The Labute approximate surface area is 52.5 Å². The number of aliphatic hydroxyl groups is 2. The minimum Gasteiger partial charge on any atom is -0.781 e. The molecule has 0 aromatic heterocycles. The van der Waals surface area contributed by atoms with Crippen LogP contribution in [0.15, 0.2) is 0 Å². The number of hydrogen-bond acceptors (Lipinski definition) is 5. The Bertz CT molecular complexity index is 106. The number of hydroxylamine groups is 2. The van der Waals surface area contributed by atoms with Crippen LogP contribution in [-0.4, -0.2) is 40.8 Å². The number of piperazine rings is 1. The highest BCUT2D eigenvalue weighted by atomic mass is 16.6. The molecule has 5 nitrogen and oxygen atoms in total. The third-order valence-corrected chi connectivity index (χ3v) is 1.25. The van der Waals surface area contributed by atoms with Gasteiger partial charge in [0.25, 0.3) is 0 Å². The van der Waals surface area contributed by atoms with Gasteiger partial charge in [-0.25, -0.2) is 0 Å². The van der Waals surface area contributed by atoms with E-state index in [1.807, 2.05) is 0 Å². The Hall–Kier alpha value is -0.200. The van der Waals surface area contributed by atoms with Crippen LogP contribution in [0.1, 0.15) is 0 Å². The summed E-state index contributed by atoms with van der Waals surface area (Å²) in [6.45, 7) is 0.538. The van der Waals surface area contributed by atoms with Crippen molar-refractivity contribution >= 4 is 0 Å². The van der Waals surface area contributed by atoms with Crippen molar-refractivity contribution in [3.63, 3.8) is 0 Å². The highest BCUT2D eigenvalue weighted by Gasteiger charge is 2.27. The van der Waals surface area contributed by atoms with E-state index in [2.05, 4.69) is 5.32 Å². The summed E-state index contributed by atoms with van der Waals surface area (Å²) in [5, 5.41) is 30.9. The molecule has 1 rings (SSSR count). The van der Waals surface area contributed by atoms with Crippen LogP contribution in [0.3, 0.4) is 0 Å². The smallest absolute Gasteiger partial charge is 0.226 e. The number of nitrogens with zero attached hydrogens (tertiary/aromatic N) is 1. The van der Waals surface area contributed by atoms with Gasteiger partial charge in [0, 0.05) is 13.1 Å². The summed E-state index contributed by atoms with van der Waals surface area (Å²) in [6.07, 6.45) is 0. The van der Waals surface area contributed by atoms with E-state index in [-0.39, 0.29) is 18.2 Å². The van der Waals surface area contributed by atoms with Gasteiger partial charge in [-0.15, -0.1) is 0 Å². The quantitative estimate of drug-likeness (QED) is 0.334. The maximum Gasteiger partial charge on any atom is 0.226 e. The average molecular weight is 133 g/mol. The Morgan fingerprint density at radius 1 is 1.56 bits per heavy atom. The van der Waals surface area contributed by atoms with Crippen molar-refractivity contribution in [2.75, 3.05) is 19.6 Å². The highest BCUT2D eigenvalue weighted by Crippen LogP contribution is 2.06. The molecule has 1 saturated heterocycles. The standard InChI is InChI=1S/C4H9N2O3/c7-4(8)3-5-1-2-6(4)9/h5,7-8H,1-3H2/q-1. The molecule has 1 aliphatic heterocycles. The van der Waals surface area contributed by atoms with Crippen molar-refractivity contribution in [3.8, 4) is 0 Å². The molecule has 0 atom stereocenters. The first-order chi connectivity index (χ1) is 4.13. The largest absolute Gasteiger partial charge is 0.781 e. The molecular weight excluding hydrogens is 124 g/mol. The molecule has 0 spiro atoms. The van der Waals surface area contributed by atoms with E-state index < -0.39 is 5.91 Å². The molecule has 54 valence electrons. The summed E-state index contributed by atoms with van der Waals surface area (Å²) in [7, 11) is 0. The maximum absolute atomic E-state index is 10.5. The molecule has 1 fully saturated rings. The van der Waals surface area contributed by atoms with Crippen LogP contribution >= 0.6 is 0 Å². The zero-order chi connectivity index (χ0) is 6.91. The molecule has 0 saturated carbocycles. The van der Waals surface area contributed by atoms with Crippen molar-refractivity contribution in [2.45, 2.75) is 5.91 Å². The van der Waals surface area contributed by atoms with Crippen LogP contribution in [0.5, 0.6) is 0 Å². The first kappa shape index (κ1) is 6.91. The summed E-state index contributed by atoms with van der Waals surface area (Å²) >= 11 is 0. The van der Waals surface area contributed by atoms with E-state index in [1.165, 1.54) is 0 Å². The predicted octanol–water partition coefficient (Wildman–Crippen LogP) is -1.97. The van der Waals surface area contributed by atoms with Gasteiger partial charge in [-0.2, -0.15) is 0 Å². The fourth-order valence-electron chi connectivity index (χ4n) is 0.704. The van der Waals surface area contributed by atoms with Crippen molar-refractivity contribution in [2.24, 2.45) is 0 Å². The molecule has 0 aromatic rings. The first-order valence-corrected chi connectivity index (χ1v) is 2.73. The number of hydrogen-bond donors (Lipinski definition) is 3. The molecule has 0 unspecified atom stereocenters. The lowest BCUT2D eigenvalue weighted by Crippen LogP contribution is -2.58. The molecule has 3 N–H and O–H groups in total. The van der Waals surface area contributed by atoms with Crippen molar-refractivity contribution < 1.29 is 10.2 Å². The molecular formula is C4H9N2O3-. The molecule has 0 aromatic carbocycles. The Balaban J connectivity index is 2.49. The maximum atomic E-state index is 10.5. The molecule has 0 bridgehead atoms. The van der Waals surface area contributed by atoms with E-state index in [0.29, 0.717) is 6.54 Å². The molecule has 1 aliphatic rings. The average Bonchev–Trinajstić information content (AvgIpc) is 1.77. The van der Waals surface area contributed by atoms with E-state index in [9.17, 15) is 5.21 Å². The third-order valence-electron chi connectivity index (χ3n) is 1.25. The second kappa shape index (κ2) is 2.20. The van der Waals surface area contributed by atoms with Crippen molar-refractivity contribution in [3.05, 3.63) is 5.21 Å². The van der Waals surface area contributed by atoms with Gasteiger partial charge in [-0.3, -0.25) is 0 Å². The van der Waals surface area contributed by atoms with Gasteiger partial charge in [0.05, 0.1) is 6.54 Å². The van der Waals surface area contributed by atoms with Crippen LogP contribution in [0, 0.1) is 5.21 Å². The Morgan fingerprint density at radius 3 is 2.56 bits per heavy atom. The van der Waals surface area contributed by atoms with Crippen molar-refractivity contribution in [1.29, 1.82) is 0 Å². The molecule has 0 aliphatic carbocycles. The van der Waals surface area contributed by atoms with Gasteiger partial charge in [0.15, 0.2) is 0 Å². The van der Waals surface area contributed by atoms with Crippen LogP contribution < -0.4 is 5.32 Å². The molecule has 1 heterocycles. The van der Waals surface area contributed by atoms with Gasteiger partial charge in [0.1, 0.15) is 0 Å². The zero-order valence-corrected chi connectivity index (χ0v) is 4.87. The Morgan fingerprint density at radius 2 is 2.22 bits per heavy atom. The fourth-order valence-corrected chi connectivity index (χ4v) is 0.704. The van der Waals surface area contributed by atoms with Crippen molar-refractivity contribution in [1.82, 2.24) is 10.4 Å². The molecule has 0 radical (unpaired) electrons. The summed E-state index contributed by atoms with van der Waals surface area (Å²) < 4.78 is 0.